The Balaban J connectivity index is 1.78. The fraction of sp³-hybridized carbons (Fsp3) is 0.238. The van der Waals surface area contributed by atoms with Gasteiger partial charge in [0.25, 0.3) is 5.91 Å². The van der Waals surface area contributed by atoms with Crippen molar-refractivity contribution in [1.29, 1.82) is 0 Å². The maximum Gasteiger partial charge on any atom is 0.331 e. The molecule has 0 fully saturated rings. The van der Waals surface area contributed by atoms with E-state index in [0.717, 1.165) is 16.9 Å². The summed E-state index contributed by atoms with van der Waals surface area (Å²) in [6, 6.07) is 14.5. The van der Waals surface area contributed by atoms with E-state index in [4.69, 9.17) is 21.1 Å². The van der Waals surface area contributed by atoms with Crippen molar-refractivity contribution in [2.75, 3.05) is 20.3 Å². The zero-order valence-corrected chi connectivity index (χ0v) is 16.1. The van der Waals surface area contributed by atoms with Crippen molar-refractivity contribution in [1.82, 2.24) is 4.90 Å². The standard InChI is InChI=1S/C21H22ClNO4/c1-3-26-19-11-6-17(7-12-19)14-23(2)20(24)15-27-21(25)13-8-16-4-9-18(22)10-5-16/h4-13H,3,14-15H2,1-2H3/b13-8+. The summed E-state index contributed by atoms with van der Waals surface area (Å²) < 4.78 is 10.4. The van der Waals surface area contributed by atoms with Crippen LogP contribution in [-0.4, -0.2) is 37.0 Å². The van der Waals surface area contributed by atoms with Crippen molar-refractivity contribution >= 4 is 29.6 Å². The van der Waals surface area contributed by atoms with E-state index >= 15 is 0 Å². The molecule has 0 aliphatic carbocycles. The van der Waals surface area contributed by atoms with Gasteiger partial charge in [0, 0.05) is 24.7 Å². The van der Waals surface area contributed by atoms with Gasteiger partial charge in [-0.05, 0) is 48.4 Å². The molecule has 0 unspecified atom stereocenters. The lowest BCUT2D eigenvalue weighted by molar-refractivity contribution is -0.147. The van der Waals surface area contributed by atoms with Crippen LogP contribution in [-0.2, 0) is 20.9 Å². The summed E-state index contributed by atoms with van der Waals surface area (Å²) in [6.07, 6.45) is 2.88. The molecule has 5 nitrogen and oxygen atoms in total. The van der Waals surface area contributed by atoms with Gasteiger partial charge in [-0.3, -0.25) is 4.79 Å². The molecule has 0 spiro atoms. The minimum Gasteiger partial charge on any atom is -0.494 e. The van der Waals surface area contributed by atoms with Gasteiger partial charge in [0.2, 0.25) is 0 Å². The van der Waals surface area contributed by atoms with Gasteiger partial charge >= 0.3 is 5.97 Å². The molecule has 2 aromatic carbocycles. The smallest absolute Gasteiger partial charge is 0.331 e. The molecule has 0 atom stereocenters. The summed E-state index contributed by atoms with van der Waals surface area (Å²) in [7, 11) is 1.66. The lowest BCUT2D eigenvalue weighted by atomic mass is 10.2. The second kappa shape index (κ2) is 10.4. The van der Waals surface area contributed by atoms with Crippen molar-refractivity contribution in [3.8, 4) is 5.75 Å². The van der Waals surface area contributed by atoms with E-state index in [2.05, 4.69) is 0 Å². The molecule has 1 amide bonds. The third kappa shape index (κ3) is 7.15. The Labute approximate surface area is 164 Å². The molecular formula is C21H22ClNO4. The fourth-order valence-electron chi connectivity index (χ4n) is 2.25. The molecule has 0 bridgehead atoms. The van der Waals surface area contributed by atoms with Crippen LogP contribution in [0.3, 0.4) is 0 Å². The average molecular weight is 388 g/mol. The molecule has 2 rings (SSSR count). The van der Waals surface area contributed by atoms with Gasteiger partial charge in [-0.1, -0.05) is 35.9 Å². The molecule has 0 heterocycles. The first-order valence-corrected chi connectivity index (χ1v) is 8.92. The summed E-state index contributed by atoms with van der Waals surface area (Å²) in [5, 5.41) is 0.621. The number of halogens is 1. The predicted octanol–water partition coefficient (Wildman–Crippen LogP) is 3.95. The van der Waals surface area contributed by atoms with E-state index in [9.17, 15) is 9.59 Å². The number of hydrogen-bond acceptors (Lipinski definition) is 4. The quantitative estimate of drug-likeness (QED) is 0.508. The van der Waals surface area contributed by atoms with E-state index in [0.29, 0.717) is 18.2 Å². The summed E-state index contributed by atoms with van der Waals surface area (Å²) in [5.74, 6) is -0.0680. The molecule has 142 valence electrons. The monoisotopic (exact) mass is 387 g/mol. The van der Waals surface area contributed by atoms with Crippen LogP contribution in [0.4, 0.5) is 0 Å². The van der Waals surface area contributed by atoms with E-state index in [1.807, 2.05) is 31.2 Å². The molecule has 0 radical (unpaired) electrons. The molecule has 27 heavy (non-hydrogen) atoms. The first-order chi connectivity index (χ1) is 13.0. The summed E-state index contributed by atoms with van der Waals surface area (Å²) in [4.78, 5) is 25.4. The molecule has 6 heteroatoms. The molecule has 0 saturated carbocycles. The molecule has 0 aromatic heterocycles. The molecule has 0 aliphatic rings. The highest BCUT2D eigenvalue weighted by atomic mass is 35.5. The van der Waals surface area contributed by atoms with Gasteiger partial charge in [0.05, 0.1) is 6.61 Å². The van der Waals surface area contributed by atoms with Crippen molar-refractivity contribution in [2.45, 2.75) is 13.5 Å². The third-order valence-corrected chi connectivity index (χ3v) is 3.95. The van der Waals surface area contributed by atoms with E-state index in [-0.39, 0.29) is 12.5 Å². The van der Waals surface area contributed by atoms with Gasteiger partial charge < -0.3 is 14.4 Å². The Kier molecular flexibility index (Phi) is 7.89. The lowest BCUT2D eigenvalue weighted by Gasteiger charge is -2.17. The second-order valence-electron chi connectivity index (χ2n) is 5.82. The van der Waals surface area contributed by atoms with E-state index in [1.165, 1.54) is 11.0 Å². The second-order valence-corrected chi connectivity index (χ2v) is 6.26. The highest BCUT2D eigenvalue weighted by molar-refractivity contribution is 6.30. The van der Waals surface area contributed by atoms with Crippen molar-refractivity contribution in [2.24, 2.45) is 0 Å². The number of rotatable bonds is 8. The van der Waals surface area contributed by atoms with Crippen molar-refractivity contribution in [3.63, 3.8) is 0 Å². The topological polar surface area (TPSA) is 55.8 Å². The molecule has 0 saturated heterocycles. The van der Waals surface area contributed by atoms with Gasteiger partial charge in [0.1, 0.15) is 5.75 Å². The number of carbonyl (C=O) groups is 2. The predicted molar refractivity (Wildman–Crippen MR) is 106 cm³/mol. The number of esters is 1. The highest BCUT2D eigenvalue weighted by Gasteiger charge is 2.11. The van der Waals surface area contributed by atoms with E-state index < -0.39 is 5.97 Å². The van der Waals surface area contributed by atoms with Gasteiger partial charge in [-0.2, -0.15) is 0 Å². The van der Waals surface area contributed by atoms with Gasteiger partial charge in [-0.15, -0.1) is 0 Å². The molecule has 2 aromatic rings. The van der Waals surface area contributed by atoms with Crippen LogP contribution in [0.15, 0.2) is 54.6 Å². The lowest BCUT2D eigenvalue weighted by Crippen LogP contribution is -2.30. The number of nitrogens with zero attached hydrogens (tertiary/aromatic N) is 1. The normalized spacial score (nSPS) is 10.6. The van der Waals surface area contributed by atoms with Crippen LogP contribution in [0.25, 0.3) is 6.08 Å². The zero-order chi connectivity index (χ0) is 19.6. The first kappa shape index (κ1) is 20.5. The first-order valence-electron chi connectivity index (χ1n) is 8.54. The Hall–Kier alpha value is -2.79. The number of carbonyl (C=O) groups excluding carboxylic acids is 2. The number of benzene rings is 2. The highest BCUT2D eigenvalue weighted by Crippen LogP contribution is 2.13. The minimum atomic E-state index is -0.576. The van der Waals surface area contributed by atoms with Crippen LogP contribution in [0, 0.1) is 0 Å². The van der Waals surface area contributed by atoms with Crippen LogP contribution in [0.5, 0.6) is 5.75 Å². The molecule has 0 N–H and O–H groups in total. The summed E-state index contributed by atoms with van der Waals surface area (Å²) in [5.41, 5.74) is 1.78. The Morgan fingerprint density at radius 1 is 1.07 bits per heavy atom. The van der Waals surface area contributed by atoms with Crippen molar-refractivity contribution in [3.05, 3.63) is 70.8 Å². The largest absolute Gasteiger partial charge is 0.494 e. The fourth-order valence-corrected chi connectivity index (χ4v) is 2.38. The van der Waals surface area contributed by atoms with Crippen LogP contribution in [0.1, 0.15) is 18.1 Å². The number of amides is 1. The minimum absolute atomic E-state index is 0.280. The summed E-state index contributed by atoms with van der Waals surface area (Å²) in [6.45, 7) is 2.64. The molecule has 0 aliphatic heterocycles. The maximum absolute atomic E-state index is 12.1. The SMILES string of the molecule is CCOc1ccc(CN(C)C(=O)COC(=O)/C=C/c2ccc(Cl)cc2)cc1. The number of hydrogen-bond donors (Lipinski definition) is 0. The Morgan fingerprint density at radius 2 is 1.74 bits per heavy atom. The Morgan fingerprint density at radius 3 is 2.37 bits per heavy atom. The van der Waals surface area contributed by atoms with Crippen LogP contribution >= 0.6 is 11.6 Å². The van der Waals surface area contributed by atoms with Gasteiger partial charge in [-0.25, -0.2) is 4.79 Å². The number of ether oxygens (including phenoxy) is 2. The van der Waals surface area contributed by atoms with Gasteiger partial charge in [0.15, 0.2) is 6.61 Å². The third-order valence-electron chi connectivity index (χ3n) is 3.70. The van der Waals surface area contributed by atoms with Crippen LogP contribution < -0.4 is 4.74 Å². The maximum atomic E-state index is 12.1. The number of likely N-dealkylation sites (N-methyl/N-ethyl adjacent to an activating group) is 1. The van der Waals surface area contributed by atoms with E-state index in [1.54, 1.807) is 37.4 Å². The molecular weight excluding hydrogens is 366 g/mol. The zero-order valence-electron chi connectivity index (χ0n) is 15.4. The Bertz CT molecular complexity index is 785. The van der Waals surface area contributed by atoms with Crippen molar-refractivity contribution < 1.29 is 19.1 Å². The summed E-state index contributed by atoms with van der Waals surface area (Å²) >= 11 is 5.80. The van der Waals surface area contributed by atoms with Crippen LogP contribution in [0.2, 0.25) is 5.02 Å². The average Bonchev–Trinajstić information content (AvgIpc) is 2.67.